The molecule has 7 nitrogen and oxygen atoms in total. The lowest BCUT2D eigenvalue weighted by atomic mass is 10.2. The van der Waals surface area contributed by atoms with Crippen molar-refractivity contribution in [1.29, 1.82) is 0 Å². The molecule has 0 aliphatic rings. The Bertz CT molecular complexity index is 895. The Labute approximate surface area is 159 Å². The van der Waals surface area contributed by atoms with Crippen molar-refractivity contribution in [2.24, 2.45) is 5.92 Å². The van der Waals surface area contributed by atoms with Gasteiger partial charge in [0.1, 0.15) is 0 Å². The van der Waals surface area contributed by atoms with Gasteiger partial charge in [-0.15, -0.1) is 0 Å². The van der Waals surface area contributed by atoms with Crippen LogP contribution in [0.15, 0.2) is 42.5 Å². The fraction of sp³-hybridized carbons (Fsp3) is 0.316. The fourth-order valence-electron chi connectivity index (χ4n) is 2.43. The van der Waals surface area contributed by atoms with Crippen LogP contribution in [0.2, 0.25) is 0 Å². The molecular weight excluding hydrogens is 368 g/mol. The number of sulfonamides is 1. The molecule has 1 unspecified atom stereocenters. The molecule has 0 saturated heterocycles. The molecular formula is C19H24N2O5S. The summed E-state index contributed by atoms with van der Waals surface area (Å²) in [7, 11) is -0.650. The molecule has 2 rings (SSSR count). The topological polar surface area (TPSA) is 93.7 Å². The molecule has 0 bridgehead atoms. The Hall–Kier alpha value is -2.74. The quantitative estimate of drug-likeness (QED) is 0.720. The molecule has 146 valence electrons. The summed E-state index contributed by atoms with van der Waals surface area (Å²) in [5.74, 6) is -0.484. The molecule has 8 heteroatoms. The Morgan fingerprint density at radius 1 is 1.00 bits per heavy atom. The predicted molar refractivity (Wildman–Crippen MR) is 106 cm³/mol. The maximum Gasteiger partial charge on any atom is 0.233 e. The van der Waals surface area contributed by atoms with Crippen LogP contribution in [-0.4, -0.2) is 34.3 Å². The summed E-state index contributed by atoms with van der Waals surface area (Å²) >= 11 is 0. The molecule has 2 aromatic rings. The summed E-state index contributed by atoms with van der Waals surface area (Å²) in [6.45, 7) is 3.48. The zero-order chi connectivity index (χ0) is 20.0. The van der Waals surface area contributed by atoms with Crippen molar-refractivity contribution >= 4 is 27.3 Å². The van der Waals surface area contributed by atoms with Crippen molar-refractivity contribution in [2.45, 2.75) is 13.8 Å². The van der Waals surface area contributed by atoms with Gasteiger partial charge < -0.3 is 14.8 Å². The van der Waals surface area contributed by atoms with Crippen molar-refractivity contribution in [3.8, 4) is 11.5 Å². The highest BCUT2D eigenvalue weighted by Crippen LogP contribution is 2.29. The van der Waals surface area contributed by atoms with E-state index in [2.05, 4.69) is 10.0 Å². The van der Waals surface area contributed by atoms with Crippen LogP contribution in [0, 0.1) is 12.8 Å². The van der Waals surface area contributed by atoms with Gasteiger partial charge in [0.15, 0.2) is 11.5 Å². The lowest BCUT2D eigenvalue weighted by molar-refractivity contribution is -0.118. The average Bonchev–Trinajstić information content (AvgIpc) is 2.62. The third-order valence-corrected chi connectivity index (χ3v) is 5.38. The van der Waals surface area contributed by atoms with Gasteiger partial charge in [-0.25, -0.2) is 8.42 Å². The number of ether oxygens (including phenoxy) is 2. The molecule has 27 heavy (non-hydrogen) atoms. The average molecular weight is 392 g/mol. The van der Waals surface area contributed by atoms with Crippen LogP contribution in [-0.2, 0) is 14.8 Å². The molecule has 0 spiro atoms. The van der Waals surface area contributed by atoms with E-state index in [9.17, 15) is 13.2 Å². The van der Waals surface area contributed by atoms with Gasteiger partial charge in [0.05, 0.1) is 25.9 Å². The van der Waals surface area contributed by atoms with Crippen LogP contribution in [0.1, 0.15) is 12.5 Å². The molecule has 0 saturated carbocycles. The Kier molecular flexibility index (Phi) is 6.68. The first-order chi connectivity index (χ1) is 12.7. The summed E-state index contributed by atoms with van der Waals surface area (Å²) < 4.78 is 37.4. The third-order valence-electron chi connectivity index (χ3n) is 3.89. The number of carbonyl (C=O) groups is 1. The summed E-state index contributed by atoms with van der Waals surface area (Å²) in [4.78, 5) is 12.4. The Morgan fingerprint density at radius 3 is 2.19 bits per heavy atom. The first-order valence-electron chi connectivity index (χ1n) is 8.34. The second kappa shape index (κ2) is 8.77. The number of benzene rings is 2. The Morgan fingerprint density at radius 2 is 1.59 bits per heavy atom. The maximum atomic E-state index is 12.4. The summed E-state index contributed by atoms with van der Waals surface area (Å²) in [5.41, 5.74) is 1.99. The van der Waals surface area contributed by atoms with Gasteiger partial charge in [-0.2, -0.15) is 0 Å². The molecule has 0 aromatic heterocycles. The van der Waals surface area contributed by atoms with Gasteiger partial charge in [0, 0.05) is 17.4 Å². The van der Waals surface area contributed by atoms with Crippen LogP contribution in [0.5, 0.6) is 11.5 Å². The maximum absolute atomic E-state index is 12.4. The van der Waals surface area contributed by atoms with Gasteiger partial charge in [0.25, 0.3) is 0 Å². The SMILES string of the molecule is COc1ccc(NC(=O)C(C)CS(=O)(=O)Nc2ccc(C)cc2)cc1OC. The number of methoxy groups -OCH3 is 2. The number of amides is 1. The Balaban J connectivity index is 2.01. The van der Waals surface area contributed by atoms with E-state index in [4.69, 9.17) is 9.47 Å². The highest BCUT2D eigenvalue weighted by atomic mass is 32.2. The molecule has 2 N–H and O–H groups in total. The predicted octanol–water partition coefficient (Wildman–Crippen LogP) is 3.03. The van der Waals surface area contributed by atoms with Crippen molar-refractivity contribution in [3.05, 3.63) is 48.0 Å². The first kappa shape index (κ1) is 20.6. The number of nitrogens with one attached hydrogen (secondary N) is 2. The van der Waals surface area contributed by atoms with E-state index in [1.54, 1.807) is 37.3 Å². The molecule has 0 fully saturated rings. The van der Waals surface area contributed by atoms with Gasteiger partial charge in [-0.1, -0.05) is 24.6 Å². The van der Waals surface area contributed by atoms with Crippen molar-refractivity contribution in [2.75, 3.05) is 30.0 Å². The first-order valence-corrected chi connectivity index (χ1v) is 9.99. The van der Waals surface area contributed by atoms with Gasteiger partial charge in [0.2, 0.25) is 15.9 Å². The van der Waals surface area contributed by atoms with Crippen molar-refractivity contribution in [1.82, 2.24) is 0 Å². The van der Waals surface area contributed by atoms with Gasteiger partial charge >= 0.3 is 0 Å². The van der Waals surface area contributed by atoms with Gasteiger partial charge in [-0.3, -0.25) is 9.52 Å². The minimum atomic E-state index is -3.66. The van der Waals surface area contributed by atoms with E-state index in [1.807, 2.05) is 19.1 Å². The van der Waals surface area contributed by atoms with Crippen molar-refractivity contribution < 1.29 is 22.7 Å². The van der Waals surface area contributed by atoms with Crippen LogP contribution >= 0.6 is 0 Å². The number of aryl methyl sites for hydroxylation is 1. The van der Waals surface area contributed by atoms with Crippen LogP contribution in [0.25, 0.3) is 0 Å². The molecule has 0 aliphatic carbocycles. The van der Waals surface area contributed by atoms with Crippen LogP contribution in [0.3, 0.4) is 0 Å². The zero-order valence-electron chi connectivity index (χ0n) is 15.8. The van der Waals surface area contributed by atoms with Crippen LogP contribution in [0.4, 0.5) is 11.4 Å². The van der Waals surface area contributed by atoms with E-state index >= 15 is 0 Å². The molecule has 2 aromatic carbocycles. The summed E-state index contributed by atoms with van der Waals surface area (Å²) in [6.07, 6.45) is 0. The largest absolute Gasteiger partial charge is 0.493 e. The molecule has 1 atom stereocenters. The highest BCUT2D eigenvalue weighted by molar-refractivity contribution is 7.92. The van der Waals surface area contributed by atoms with Crippen LogP contribution < -0.4 is 19.5 Å². The third kappa shape index (κ3) is 5.89. The molecule has 0 radical (unpaired) electrons. The summed E-state index contributed by atoms with van der Waals surface area (Å²) in [6, 6.07) is 11.9. The summed E-state index contributed by atoms with van der Waals surface area (Å²) in [5, 5.41) is 2.69. The minimum absolute atomic E-state index is 0.333. The van der Waals surface area contributed by atoms with E-state index < -0.39 is 21.8 Å². The van der Waals surface area contributed by atoms with Gasteiger partial charge in [-0.05, 0) is 31.2 Å². The van der Waals surface area contributed by atoms with Crippen molar-refractivity contribution in [3.63, 3.8) is 0 Å². The second-order valence-electron chi connectivity index (χ2n) is 6.21. The van der Waals surface area contributed by atoms with E-state index in [0.717, 1.165) is 5.56 Å². The number of carbonyl (C=O) groups excluding carboxylic acids is 1. The lowest BCUT2D eigenvalue weighted by Crippen LogP contribution is -2.29. The highest BCUT2D eigenvalue weighted by Gasteiger charge is 2.22. The standard InChI is InChI=1S/C19H24N2O5S/c1-13-5-7-15(8-6-13)21-27(23,24)12-14(2)19(22)20-16-9-10-17(25-3)18(11-16)26-4/h5-11,14,21H,12H2,1-4H3,(H,20,22). The van der Waals surface area contributed by atoms with E-state index in [-0.39, 0.29) is 5.75 Å². The fourth-order valence-corrected chi connectivity index (χ4v) is 3.82. The number of rotatable bonds is 8. The molecule has 1 amide bonds. The monoisotopic (exact) mass is 392 g/mol. The zero-order valence-corrected chi connectivity index (χ0v) is 16.6. The van der Waals surface area contributed by atoms with E-state index in [1.165, 1.54) is 14.2 Å². The smallest absolute Gasteiger partial charge is 0.233 e. The normalized spacial score (nSPS) is 12.1. The number of anilines is 2. The second-order valence-corrected chi connectivity index (χ2v) is 7.98. The van der Waals surface area contributed by atoms with E-state index in [0.29, 0.717) is 22.9 Å². The molecule has 0 heterocycles. The minimum Gasteiger partial charge on any atom is -0.493 e. The number of hydrogen-bond donors (Lipinski definition) is 2. The molecule has 0 aliphatic heterocycles. The lowest BCUT2D eigenvalue weighted by Gasteiger charge is -2.15. The number of hydrogen-bond acceptors (Lipinski definition) is 5.